The minimum absolute atomic E-state index is 0.0293. The van der Waals surface area contributed by atoms with Gasteiger partial charge in [0, 0.05) is 13.0 Å². The average molecular weight is 478 g/mol. The van der Waals surface area contributed by atoms with E-state index in [2.05, 4.69) is 5.32 Å². The normalized spacial score (nSPS) is 18.9. The molecular formula is C21H17F7N2O3. The Morgan fingerprint density at radius 1 is 0.970 bits per heavy atom. The predicted octanol–water partition coefficient (Wildman–Crippen LogP) is 5.10. The Hall–Kier alpha value is -3.31. The molecule has 2 aromatic carbocycles. The van der Waals surface area contributed by atoms with Crippen molar-refractivity contribution in [3.05, 3.63) is 59.2 Å². The third-order valence-electron chi connectivity index (χ3n) is 5.11. The highest BCUT2D eigenvalue weighted by Gasteiger charge is 2.40. The second-order valence-electron chi connectivity index (χ2n) is 7.50. The van der Waals surface area contributed by atoms with E-state index in [9.17, 15) is 40.3 Å². The van der Waals surface area contributed by atoms with Crippen molar-refractivity contribution in [1.29, 1.82) is 0 Å². The van der Waals surface area contributed by atoms with Crippen molar-refractivity contribution in [1.82, 2.24) is 10.2 Å². The fourth-order valence-electron chi connectivity index (χ4n) is 3.53. The molecule has 5 nitrogen and oxygen atoms in total. The number of carbonyl (C=O) groups is 2. The van der Waals surface area contributed by atoms with Crippen molar-refractivity contribution in [2.24, 2.45) is 0 Å². The van der Waals surface area contributed by atoms with Gasteiger partial charge in [0.2, 0.25) is 5.91 Å². The number of carboxylic acid groups (broad SMARTS) is 1. The summed E-state index contributed by atoms with van der Waals surface area (Å²) in [6.07, 6.45) is -13.3. The van der Waals surface area contributed by atoms with Crippen molar-refractivity contribution in [2.45, 2.75) is 37.5 Å². The first-order chi connectivity index (χ1) is 15.3. The van der Waals surface area contributed by atoms with E-state index in [0.717, 1.165) is 0 Å². The van der Waals surface area contributed by atoms with Crippen LogP contribution in [0.25, 0.3) is 11.1 Å². The number of hydrogen-bond acceptors (Lipinski definition) is 2. The molecule has 2 N–H and O–H groups in total. The molecule has 1 aliphatic heterocycles. The summed E-state index contributed by atoms with van der Waals surface area (Å²) in [6.45, 7) is -0.640. The molecule has 1 fully saturated rings. The van der Waals surface area contributed by atoms with Crippen LogP contribution >= 0.6 is 0 Å². The maximum absolute atomic E-state index is 13.5. The predicted molar refractivity (Wildman–Crippen MR) is 102 cm³/mol. The van der Waals surface area contributed by atoms with Gasteiger partial charge in [0.15, 0.2) is 0 Å². The Morgan fingerprint density at radius 2 is 1.58 bits per heavy atom. The molecule has 2 aromatic rings. The Kier molecular flexibility index (Phi) is 6.57. The average Bonchev–Trinajstić information content (AvgIpc) is 3.13. The standard InChI is InChI=1S/C21H17F7N2O3/c22-16-8-17(30(10-16)19(32)33)18(31)29-9-11-2-1-3-12(4-11)13-5-14(20(23,24)25)7-15(6-13)21(26,27)28/h1-7,16-17H,8-10H2,(H,29,31)(H,32,33)/t16-,17-/m0/s1. The molecule has 33 heavy (non-hydrogen) atoms. The molecule has 0 unspecified atom stereocenters. The zero-order chi connectivity index (χ0) is 24.6. The van der Waals surface area contributed by atoms with Gasteiger partial charge >= 0.3 is 18.4 Å². The largest absolute Gasteiger partial charge is 0.465 e. The minimum Gasteiger partial charge on any atom is -0.465 e. The molecule has 0 saturated carbocycles. The molecule has 0 bridgehead atoms. The van der Waals surface area contributed by atoms with E-state index in [-0.39, 0.29) is 30.2 Å². The number of benzene rings is 2. The number of hydrogen-bond donors (Lipinski definition) is 2. The Balaban J connectivity index is 1.83. The highest BCUT2D eigenvalue weighted by atomic mass is 19.4. The molecule has 0 aromatic heterocycles. The quantitative estimate of drug-likeness (QED) is 0.601. The molecule has 2 amide bonds. The van der Waals surface area contributed by atoms with Gasteiger partial charge in [0.1, 0.15) is 12.2 Å². The molecule has 178 valence electrons. The van der Waals surface area contributed by atoms with E-state index in [0.29, 0.717) is 22.6 Å². The number of alkyl halides is 7. The van der Waals surface area contributed by atoms with E-state index in [4.69, 9.17) is 5.11 Å². The molecule has 0 spiro atoms. The van der Waals surface area contributed by atoms with Gasteiger partial charge in [0.25, 0.3) is 0 Å². The second kappa shape index (κ2) is 8.91. The van der Waals surface area contributed by atoms with E-state index in [1.54, 1.807) is 0 Å². The first-order valence-electron chi connectivity index (χ1n) is 9.56. The highest BCUT2D eigenvalue weighted by Crippen LogP contribution is 2.38. The topological polar surface area (TPSA) is 69.6 Å². The summed E-state index contributed by atoms with van der Waals surface area (Å²) in [4.78, 5) is 24.1. The fraction of sp³-hybridized carbons (Fsp3) is 0.333. The molecular weight excluding hydrogens is 461 g/mol. The number of likely N-dealkylation sites (tertiary alicyclic amines) is 1. The number of rotatable bonds is 4. The van der Waals surface area contributed by atoms with Gasteiger partial charge < -0.3 is 10.4 Å². The van der Waals surface area contributed by atoms with E-state index in [1.807, 2.05) is 0 Å². The number of amides is 2. The second-order valence-corrected chi connectivity index (χ2v) is 7.50. The molecule has 1 aliphatic rings. The lowest BCUT2D eigenvalue weighted by Crippen LogP contribution is -2.45. The van der Waals surface area contributed by atoms with Gasteiger partial charge in [-0.05, 0) is 41.0 Å². The molecule has 1 heterocycles. The minimum atomic E-state index is -4.99. The fourth-order valence-corrected chi connectivity index (χ4v) is 3.53. The number of nitrogens with one attached hydrogen (secondary N) is 1. The van der Waals surface area contributed by atoms with E-state index < -0.39 is 54.2 Å². The summed E-state index contributed by atoms with van der Waals surface area (Å²) < 4.78 is 92.2. The Morgan fingerprint density at radius 3 is 2.12 bits per heavy atom. The maximum Gasteiger partial charge on any atom is 0.416 e. The van der Waals surface area contributed by atoms with Crippen LogP contribution in [0.2, 0.25) is 0 Å². The zero-order valence-corrected chi connectivity index (χ0v) is 16.7. The Labute approximate surface area is 182 Å². The summed E-state index contributed by atoms with van der Waals surface area (Å²) in [5.41, 5.74) is -2.85. The zero-order valence-electron chi connectivity index (χ0n) is 16.7. The SMILES string of the molecule is O=C(NCc1cccc(-c2cc(C(F)(F)F)cc(C(F)(F)F)c2)c1)[C@@H]1C[C@H](F)CN1C(=O)O. The van der Waals surface area contributed by atoms with Gasteiger partial charge in [-0.1, -0.05) is 18.2 Å². The summed E-state index contributed by atoms with van der Waals surface area (Å²) in [7, 11) is 0. The van der Waals surface area contributed by atoms with Gasteiger partial charge in [-0.3, -0.25) is 9.69 Å². The van der Waals surface area contributed by atoms with Crippen LogP contribution in [-0.2, 0) is 23.7 Å². The number of halogens is 7. The van der Waals surface area contributed by atoms with Gasteiger partial charge in [-0.25, -0.2) is 9.18 Å². The molecule has 3 rings (SSSR count). The summed E-state index contributed by atoms with van der Waals surface area (Å²) in [5, 5.41) is 11.5. The van der Waals surface area contributed by atoms with Gasteiger partial charge in [0.05, 0.1) is 17.7 Å². The lowest BCUT2D eigenvalue weighted by Gasteiger charge is -2.20. The van der Waals surface area contributed by atoms with Crippen LogP contribution < -0.4 is 5.32 Å². The third-order valence-corrected chi connectivity index (χ3v) is 5.11. The Bertz CT molecular complexity index is 1020. The van der Waals surface area contributed by atoms with E-state index >= 15 is 0 Å². The first-order valence-corrected chi connectivity index (χ1v) is 9.56. The van der Waals surface area contributed by atoms with Crippen molar-refractivity contribution >= 4 is 12.0 Å². The van der Waals surface area contributed by atoms with Crippen LogP contribution in [0.15, 0.2) is 42.5 Å². The monoisotopic (exact) mass is 478 g/mol. The van der Waals surface area contributed by atoms with Crippen LogP contribution in [0, 0.1) is 0 Å². The van der Waals surface area contributed by atoms with Gasteiger partial charge in [-0.2, -0.15) is 26.3 Å². The van der Waals surface area contributed by atoms with Crippen molar-refractivity contribution in [3.8, 4) is 11.1 Å². The first kappa shape index (κ1) is 24.3. The molecule has 0 radical (unpaired) electrons. The molecule has 1 saturated heterocycles. The van der Waals surface area contributed by atoms with Gasteiger partial charge in [-0.15, -0.1) is 0 Å². The lowest BCUT2D eigenvalue weighted by atomic mass is 9.97. The van der Waals surface area contributed by atoms with Crippen LogP contribution in [-0.4, -0.2) is 40.8 Å². The summed E-state index contributed by atoms with van der Waals surface area (Å²) in [5.74, 6) is -0.763. The van der Waals surface area contributed by atoms with E-state index in [1.165, 1.54) is 24.3 Å². The van der Waals surface area contributed by atoms with Crippen molar-refractivity contribution < 1.29 is 45.4 Å². The molecule has 2 atom stereocenters. The van der Waals surface area contributed by atoms with Crippen LogP contribution in [0.4, 0.5) is 35.5 Å². The van der Waals surface area contributed by atoms with Crippen molar-refractivity contribution in [3.63, 3.8) is 0 Å². The molecule has 12 heteroatoms. The smallest absolute Gasteiger partial charge is 0.416 e. The van der Waals surface area contributed by atoms with Crippen LogP contribution in [0.5, 0.6) is 0 Å². The van der Waals surface area contributed by atoms with Crippen LogP contribution in [0.1, 0.15) is 23.1 Å². The lowest BCUT2D eigenvalue weighted by molar-refractivity contribution is -0.143. The number of carbonyl (C=O) groups excluding carboxylic acids is 1. The number of nitrogens with zero attached hydrogens (tertiary/aromatic N) is 1. The highest BCUT2D eigenvalue weighted by molar-refractivity contribution is 5.86. The third kappa shape index (κ3) is 5.74. The van der Waals surface area contributed by atoms with Crippen LogP contribution in [0.3, 0.4) is 0 Å². The molecule has 0 aliphatic carbocycles. The van der Waals surface area contributed by atoms with Crippen molar-refractivity contribution in [2.75, 3.05) is 6.54 Å². The maximum atomic E-state index is 13.5. The summed E-state index contributed by atoms with van der Waals surface area (Å²) in [6, 6.07) is 5.47. The summed E-state index contributed by atoms with van der Waals surface area (Å²) >= 11 is 0.